The van der Waals surface area contributed by atoms with Gasteiger partial charge in [-0.05, 0) is 56.2 Å². The highest BCUT2D eigenvalue weighted by Gasteiger charge is 2.12. The van der Waals surface area contributed by atoms with E-state index < -0.39 is 0 Å². The second kappa shape index (κ2) is 11.2. The number of nitrogens with one attached hydrogen (secondary N) is 1. The number of carbonyl (C=O) groups is 1. The number of amides is 1. The lowest BCUT2D eigenvalue weighted by Gasteiger charge is -2.11. The van der Waals surface area contributed by atoms with Crippen molar-refractivity contribution in [1.82, 2.24) is 14.9 Å². The average Bonchev–Trinajstić information content (AvgIpc) is 3.20. The lowest BCUT2D eigenvalue weighted by molar-refractivity contribution is -0.123. The summed E-state index contributed by atoms with van der Waals surface area (Å²) < 4.78 is 13.6. The normalized spacial score (nSPS) is 10.8. The molecule has 0 aliphatic rings. The molecule has 4 rings (SSSR count). The maximum atomic E-state index is 12.3. The van der Waals surface area contributed by atoms with E-state index in [1.807, 2.05) is 60.7 Å². The van der Waals surface area contributed by atoms with Crippen molar-refractivity contribution in [2.24, 2.45) is 0 Å². The van der Waals surface area contributed by atoms with Gasteiger partial charge in [-0.25, -0.2) is 4.98 Å². The van der Waals surface area contributed by atoms with Crippen molar-refractivity contribution >= 4 is 16.9 Å². The van der Waals surface area contributed by atoms with E-state index in [-0.39, 0.29) is 12.5 Å². The number of hydrogen-bond acceptors (Lipinski definition) is 4. The molecule has 1 heterocycles. The van der Waals surface area contributed by atoms with Gasteiger partial charge in [-0.3, -0.25) is 4.79 Å². The van der Waals surface area contributed by atoms with E-state index in [4.69, 9.17) is 14.5 Å². The topological polar surface area (TPSA) is 65.4 Å². The summed E-state index contributed by atoms with van der Waals surface area (Å²) in [6.45, 7) is 3.86. The highest BCUT2D eigenvalue weighted by Crippen LogP contribution is 2.18. The van der Waals surface area contributed by atoms with Crippen LogP contribution in [0, 0.1) is 6.92 Å². The molecule has 0 saturated carbocycles. The van der Waals surface area contributed by atoms with Crippen molar-refractivity contribution in [3.8, 4) is 11.5 Å². The quantitative estimate of drug-likeness (QED) is 0.335. The van der Waals surface area contributed by atoms with Gasteiger partial charge in [0.05, 0.1) is 24.2 Å². The Hall–Kier alpha value is -3.80. The van der Waals surface area contributed by atoms with E-state index in [9.17, 15) is 4.79 Å². The van der Waals surface area contributed by atoms with Crippen LogP contribution in [-0.4, -0.2) is 28.7 Å². The Bertz CT molecular complexity index is 1170. The number of rotatable bonds is 11. The van der Waals surface area contributed by atoms with E-state index in [2.05, 4.69) is 35.0 Å². The minimum atomic E-state index is -0.177. The molecular formula is C27H29N3O3. The predicted octanol–water partition coefficient (Wildman–Crippen LogP) is 4.90. The number of benzene rings is 3. The molecule has 0 radical (unpaired) electrons. The molecule has 33 heavy (non-hydrogen) atoms. The Morgan fingerprint density at radius 1 is 0.879 bits per heavy atom. The number of hydrogen-bond donors (Lipinski definition) is 1. The molecule has 0 saturated heterocycles. The molecule has 0 spiro atoms. The summed E-state index contributed by atoms with van der Waals surface area (Å²) >= 11 is 0. The third-order valence-electron chi connectivity index (χ3n) is 5.36. The Morgan fingerprint density at radius 2 is 1.61 bits per heavy atom. The van der Waals surface area contributed by atoms with Gasteiger partial charge in [0.2, 0.25) is 0 Å². The van der Waals surface area contributed by atoms with Gasteiger partial charge in [0.25, 0.3) is 5.91 Å². The summed E-state index contributed by atoms with van der Waals surface area (Å²) in [5.74, 6) is 2.23. The summed E-state index contributed by atoms with van der Waals surface area (Å²) in [4.78, 5) is 17.0. The van der Waals surface area contributed by atoms with Crippen LogP contribution in [0.1, 0.15) is 24.2 Å². The van der Waals surface area contributed by atoms with Crippen LogP contribution < -0.4 is 14.8 Å². The summed E-state index contributed by atoms with van der Waals surface area (Å²) in [7, 11) is 0. The average molecular weight is 444 g/mol. The molecule has 4 aromatic rings. The minimum absolute atomic E-state index is 0.0272. The number of aryl methyl sites for hydroxylation is 2. The van der Waals surface area contributed by atoms with Crippen LogP contribution in [0.2, 0.25) is 0 Å². The van der Waals surface area contributed by atoms with Crippen LogP contribution >= 0.6 is 0 Å². The first-order chi connectivity index (χ1) is 16.2. The summed E-state index contributed by atoms with van der Waals surface area (Å²) in [5.41, 5.74) is 3.22. The summed E-state index contributed by atoms with van der Waals surface area (Å²) in [6.07, 6.45) is 1.88. The predicted molar refractivity (Wildman–Crippen MR) is 129 cm³/mol. The van der Waals surface area contributed by atoms with E-state index in [1.165, 1.54) is 5.56 Å². The van der Waals surface area contributed by atoms with Crippen LogP contribution in [0.15, 0.2) is 78.9 Å². The standard InChI is InChI=1S/C27H29N3O3/c1-21-13-15-23(16-14-21)32-18-8-7-17-30-25-12-6-5-11-24(25)29-26(30)19-28-27(31)20-33-22-9-3-2-4-10-22/h2-6,9-16H,7-8,17-20H2,1H3,(H,28,31). The van der Waals surface area contributed by atoms with Gasteiger partial charge < -0.3 is 19.4 Å². The maximum Gasteiger partial charge on any atom is 0.258 e. The van der Waals surface area contributed by atoms with Crippen LogP contribution in [0.25, 0.3) is 11.0 Å². The van der Waals surface area contributed by atoms with Gasteiger partial charge in [-0.1, -0.05) is 48.0 Å². The van der Waals surface area contributed by atoms with Gasteiger partial charge in [0.1, 0.15) is 17.3 Å². The smallest absolute Gasteiger partial charge is 0.258 e. The second-order valence-corrected chi connectivity index (χ2v) is 7.92. The van der Waals surface area contributed by atoms with Crippen LogP contribution in [0.5, 0.6) is 11.5 Å². The Kier molecular flexibility index (Phi) is 7.59. The van der Waals surface area contributed by atoms with Crippen LogP contribution in [0.4, 0.5) is 0 Å². The molecule has 6 nitrogen and oxygen atoms in total. The number of ether oxygens (including phenoxy) is 2. The zero-order valence-electron chi connectivity index (χ0n) is 18.9. The highest BCUT2D eigenvalue weighted by molar-refractivity contribution is 5.78. The Morgan fingerprint density at radius 3 is 2.42 bits per heavy atom. The van der Waals surface area contributed by atoms with Crippen molar-refractivity contribution in [1.29, 1.82) is 0 Å². The number of imidazole rings is 1. The monoisotopic (exact) mass is 443 g/mol. The van der Waals surface area contributed by atoms with Gasteiger partial charge >= 0.3 is 0 Å². The molecule has 1 aromatic heterocycles. The number of fused-ring (bicyclic) bond motifs is 1. The largest absolute Gasteiger partial charge is 0.494 e. The van der Waals surface area contributed by atoms with E-state index in [0.717, 1.165) is 42.0 Å². The van der Waals surface area contributed by atoms with Crippen molar-refractivity contribution in [3.63, 3.8) is 0 Å². The molecule has 0 fully saturated rings. The zero-order valence-corrected chi connectivity index (χ0v) is 18.9. The number of para-hydroxylation sites is 3. The molecule has 0 aliphatic carbocycles. The number of carbonyl (C=O) groups excluding carboxylic acids is 1. The Labute approximate surface area is 194 Å². The first-order valence-electron chi connectivity index (χ1n) is 11.3. The summed E-state index contributed by atoms with van der Waals surface area (Å²) in [5, 5.41) is 2.93. The molecule has 1 amide bonds. The number of nitrogens with zero attached hydrogens (tertiary/aromatic N) is 2. The minimum Gasteiger partial charge on any atom is -0.494 e. The maximum absolute atomic E-state index is 12.3. The van der Waals surface area contributed by atoms with Gasteiger partial charge in [-0.15, -0.1) is 0 Å². The zero-order chi connectivity index (χ0) is 22.9. The van der Waals surface area contributed by atoms with Crippen molar-refractivity contribution in [3.05, 3.63) is 90.3 Å². The number of aromatic nitrogens is 2. The third-order valence-corrected chi connectivity index (χ3v) is 5.36. The molecule has 1 N–H and O–H groups in total. The van der Waals surface area contributed by atoms with Gasteiger partial charge in [-0.2, -0.15) is 0 Å². The summed E-state index contributed by atoms with van der Waals surface area (Å²) in [6, 6.07) is 25.5. The first-order valence-corrected chi connectivity index (χ1v) is 11.3. The fraction of sp³-hybridized carbons (Fsp3) is 0.259. The molecule has 6 heteroatoms. The molecular weight excluding hydrogens is 414 g/mol. The van der Waals surface area contributed by atoms with Crippen molar-refractivity contribution < 1.29 is 14.3 Å². The second-order valence-electron chi connectivity index (χ2n) is 7.92. The Balaban J connectivity index is 1.30. The van der Waals surface area contributed by atoms with E-state index in [0.29, 0.717) is 18.9 Å². The highest BCUT2D eigenvalue weighted by atomic mass is 16.5. The SMILES string of the molecule is Cc1ccc(OCCCCn2c(CNC(=O)COc3ccccc3)nc3ccccc32)cc1. The molecule has 0 atom stereocenters. The molecule has 3 aromatic carbocycles. The number of unbranched alkanes of at least 4 members (excludes halogenated alkanes) is 1. The molecule has 0 unspecified atom stereocenters. The third kappa shape index (κ3) is 6.35. The molecule has 170 valence electrons. The van der Waals surface area contributed by atoms with Gasteiger partial charge in [0, 0.05) is 6.54 Å². The van der Waals surface area contributed by atoms with Crippen molar-refractivity contribution in [2.45, 2.75) is 32.9 Å². The molecule has 0 bridgehead atoms. The lowest BCUT2D eigenvalue weighted by atomic mass is 10.2. The van der Waals surface area contributed by atoms with Crippen LogP contribution in [-0.2, 0) is 17.9 Å². The molecule has 0 aliphatic heterocycles. The fourth-order valence-electron chi connectivity index (χ4n) is 3.60. The van der Waals surface area contributed by atoms with E-state index >= 15 is 0 Å². The van der Waals surface area contributed by atoms with Crippen LogP contribution in [0.3, 0.4) is 0 Å². The van der Waals surface area contributed by atoms with Crippen molar-refractivity contribution in [2.75, 3.05) is 13.2 Å². The first kappa shape index (κ1) is 22.4. The fourth-order valence-corrected chi connectivity index (χ4v) is 3.60. The lowest BCUT2D eigenvalue weighted by Crippen LogP contribution is -2.29. The van der Waals surface area contributed by atoms with Gasteiger partial charge in [0.15, 0.2) is 6.61 Å². The van der Waals surface area contributed by atoms with E-state index in [1.54, 1.807) is 0 Å².